The van der Waals surface area contributed by atoms with Crippen molar-refractivity contribution >= 4 is 11.8 Å². The van der Waals surface area contributed by atoms with Crippen LogP contribution in [0.5, 0.6) is 5.75 Å². The van der Waals surface area contributed by atoms with Crippen LogP contribution >= 0.6 is 0 Å². The zero-order valence-electron chi connectivity index (χ0n) is 16.4. The number of nitrogens with one attached hydrogen (secondary N) is 2. The van der Waals surface area contributed by atoms with Crippen LogP contribution < -0.4 is 15.4 Å². The smallest absolute Gasteiger partial charge is 0.221 e. The first-order chi connectivity index (χ1) is 13.0. The van der Waals surface area contributed by atoms with E-state index in [2.05, 4.69) is 15.5 Å². The first kappa shape index (κ1) is 19.7. The maximum Gasteiger partial charge on any atom is 0.221 e. The van der Waals surface area contributed by atoms with Crippen LogP contribution in [0.15, 0.2) is 24.3 Å². The zero-order chi connectivity index (χ0) is 19.2. The summed E-state index contributed by atoms with van der Waals surface area (Å²) < 4.78 is 5.23. The van der Waals surface area contributed by atoms with Crippen LogP contribution in [0.3, 0.4) is 0 Å². The molecular formula is C21H31N3O3. The van der Waals surface area contributed by atoms with E-state index in [9.17, 15) is 9.59 Å². The molecule has 0 unspecified atom stereocenters. The van der Waals surface area contributed by atoms with E-state index in [0.29, 0.717) is 25.6 Å². The van der Waals surface area contributed by atoms with Crippen LogP contribution in [0, 0.1) is 5.92 Å². The van der Waals surface area contributed by atoms with Gasteiger partial charge >= 0.3 is 0 Å². The van der Waals surface area contributed by atoms with Crippen molar-refractivity contribution in [3.63, 3.8) is 0 Å². The lowest BCUT2D eigenvalue weighted by molar-refractivity contribution is -0.122. The summed E-state index contributed by atoms with van der Waals surface area (Å²) >= 11 is 0. The number of hydrogen-bond acceptors (Lipinski definition) is 4. The molecule has 148 valence electrons. The number of benzene rings is 1. The van der Waals surface area contributed by atoms with Crippen LogP contribution in [0.1, 0.15) is 44.6 Å². The number of likely N-dealkylation sites (tertiary alicyclic amines) is 1. The van der Waals surface area contributed by atoms with Crippen molar-refractivity contribution in [2.75, 3.05) is 20.2 Å². The molecule has 1 saturated carbocycles. The summed E-state index contributed by atoms with van der Waals surface area (Å²) in [6, 6.07) is 8.39. The normalized spacial score (nSPS) is 22.4. The number of rotatable bonds is 9. The van der Waals surface area contributed by atoms with Gasteiger partial charge in [-0.1, -0.05) is 12.1 Å². The Bertz CT molecular complexity index is 660. The van der Waals surface area contributed by atoms with Crippen molar-refractivity contribution in [1.82, 2.24) is 15.5 Å². The minimum absolute atomic E-state index is 0.0147. The van der Waals surface area contributed by atoms with Crippen LogP contribution in [0.2, 0.25) is 0 Å². The van der Waals surface area contributed by atoms with E-state index >= 15 is 0 Å². The molecule has 2 amide bonds. The topological polar surface area (TPSA) is 70.7 Å². The number of carbonyl (C=O) groups excluding carboxylic acids is 2. The molecule has 3 rings (SSSR count). The van der Waals surface area contributed by atoms with E-state index in [0.717, 1.165) is 36.6 Å². The molecule has 2 fully saturated rings. The number of hydrogen-bond donors (Lipinski definition) is 2. The Morgan fingerprint density at radius 3 is 2.63 bits per heavy atom. The molecular weight excluding hydrogens is 342 g/mol. The van der Waals surface area contributed by atoms with Gasteiger partial charge in [-0.3, -0.25) is 14.5 Å². The number of ether oxygens (including phenoxy) is 1. The highest BCUT2D eigenvalue weighted by atomic mass is 16.5. The molecule has 0 aromatic heterocycles. The number of amides is 2. The second-order valence-corrected chi connectivity index (χ2v) is 7.79. The third kappa shape index (κ3) is 5.96. The van der Waals surface area contributed by atoms with Gasteiger partial charge in [-0.15, -0.1) is 0 Å². The Labute approximate surface area is 161 Å². The lowest BCUT2D eigenvalue weighted by atomic mass is 10.1. The van der Waals surface area contributed by atoms with Gasteiger partial charge in [0.05, 0.1) is 7.11 Å². The van der Waals surface area contributed by atoms with Crippen molar-refractivity contribution in [3.8, 4) is 5.75 Å². The lowest BCUT2D eigenvalue weighted by Crippen LogP contribution is -2.45. The quantitative estimate of drug-likeness (QED) is 0.695. The van der Waals surface area contributed by atoms with Crippen LogP contribution in [0.4, 0.5) is 0 Å². The average Bonchev–Trinajstić information content (AvgIpc) is 3.40. The predicted molar refractivity (Wildman–Crippen MR) is 104 cm³/mol. The molecule has 0 bridgehead atoms. The molecule has 6 nitrogen and oxygen atoms in total. The highest BCUT2D eigenvalue weighted by molar-refractivity contribution is 5.76. The molecule has 1 saturated heterocycles. The molecule has 1 heterocycles. The molecule has 6 heteroatoms. The average molecular weight is 373 g/mol. The van der Waals surface area contributed by atoms with Crippen LogP contribution in [-0.2, 0) is 16.1 Å². The van der Waals surface area contributed by atoms with E-state index in [1.54, 1.807) is 14.0 Å². The van der Waals surface area contributed by atoms with Gasteiger partial charge < -0.3 is 15.4 Å². The SMILES string of the molecule is COc1cccc(CNC(=O)C[C@@H]2CC[C@H](CNC(C)=O)N2CC2CC2)c1. The minimum atomic E-state index is 0.0147. The van der Waals surface area contributed by atoms with Crippen molar-refractivity contribution in [1.29, 1.82) is 0 Å². The van der Waals surface area contributed by atoms with Gasteiger partial charge in [0.2, 0.25) is 11.8 Å². The Kier molecular flexibility index (Phi) is 6.72. The fourth-order valence-electron chi connectivity index (χ4n) is 3.88. The Balaban J connectivity index is 1.51. The standard InChI is InChI=1S/C21H31N3O3/c1-15(25)22-13-19-9-8-18(24(19)14-16-6-7-16)11-21(26)23-12-17-4-3-5-20(10-17)27-2/h3-5,10,16,18-19H,6-9,11-14H2,1-2H3,(H,22,25)(H,23,26)/t18-,19+/m0/s1. The Morgan fingerprint density at radius 1 is 1.15 bits per heavy atom. The summed E-state index contributed by atoms with van der Waals surface area (Å²) in [4.78, 5) is 26.2. The maximum absolute atomic E-state index is 12.5. The van der Waals surface area contributed by atoms with E-state index in [-0.39, 0.29) is 17.9 Å². The van der Waals surface area contributed by atoms with Gasteiger partial charge in [-0.05, 0) is 49.3 Å². The summed E-state index contributed by atoms with van der Waals surface area (Å²) in [7, 11) is 1.64. The summed E-state index contributed by atoms with van der Waals surface area (Å²) in [6.45, 7) is 3.81. The fourth-order valence-corrected chi connectivity index (χ4v) is 3.88. The summed E-state index contributed by atoms with van der Waals surface area (Å²) in [5.41, 5.74) is 1.03. The predicted octanol–water partition coefficient (Wildman–Crippen LogP) is 2.08. The molecule has 1 aromatic carbocycles. The summed E-state index contributed by atoms with van der Waals surface area (Å²) in [5.74, 6) is 1.67. The molecule has 1 aliphatic carbocycles. The molecule has 2 N–H and O–H groups in total. The molecule has 1 aromatic rings. The van der Waals surface area contributed by atoms with Crippen LogP contribution in [-0.4, -0.2) is 49.0 Å². The second-order valence-electron chi connectivity index (χ2n) is 7.79. The Morgan fingerprint density at radius 2 is 1.93 bits per heavy atom. The molecule has 0 radical (unpaired) electrons. The van der Waals surface area contributed by atoms with Crippen molar-refractivity contribution < 1.29 is 14.3 Å². The number of carbonyl (C=O) groups is 2. The van der Waals surface area contributed by atoms with Gasteiger partial charge in [-0.25, -0.2) is 0 Å². The maximum atomic E-state index is 12.5. The summed E-state index contributed by atoms with van der Waals surface area (Å²) in [5, 5.41) is 5.99. The summed E-state index contributed by atoms with van der Waals surface area (Å²) in [6.07, 6.45) is 5.16. The molecule has 27 heavy (non-hydrogen) atoms. The first-order valence-corrected chi connectivity index (χ1v) is 9.95. The Hall–Kier alpha value is -2.08. The van der Waals surface area contributed by atoms with E-state index in [4.69, 9.17) is 4.74 Å². The molecule has 2 atom stereocenters. The second kappa shape index (κ2) is 9.22. The molecule has 1 aliphatic heterocycles. The monoisotopic (exact) mass is 373 g/mol. The van der Waals surface area contributed by atoms with E-state index < -0.39 is 0 Å². The molecule has 0 spiro atoms. The van der Waals surface area contributed by atoms with Gasteiger partial charge in [0, 0.05) is 45.1 Å². The lowest BCUT2D eigenvalue weighted by Gasteiger charge is -2.30. The number of nitrogens with zero attached hydrogens (tertiary/aromatic N) is 1. The van der Waals surface area contributed by atoms with Crippen molar-refractivity contribution in [2.45, 2.75) is 57.7 Å². The number of methoxy groups -OCH3 is 1. The van der Waals surface area contributed by atoms with Gasteiger partial charge in [0.25, 0.3) is 0 Å². The van der Waals surface area contributed by atoms with Gasteiger partial charge in [0.1, 0.15) is 5.75 Å². The minimum Gasteiger partial charge on any atom is -0.497 e. The van der Waals surface area contributed by atoms with E-state index in [1.165, 1.54) is 12.8 Å². The van der Waals surface area contributed by atoms with Crippen molar-refractivity contribution in [2.24, 2.45) is 5.92 Å². The highest BCUT2D eigenvalue weighted by Gasteiger charge is 2.37. The van der Waals surface area contributed by atoms with Gasteiger partial charge in [0.15, 0.2) is 0 Å². The van der Waals surface area contributed by atoms with E-state index in [1.807, 2.05) is 24.3 Å². The van der Waals surface area contributed by atoms with Crippen LogP contribution in [0.25, 0.3) is 0 Å². The fraction of sp³-hybridized carbons (Fsp3) is 0.619. The molecule has 2 aliphatic rings. The largest absolute Gasteiger partial charge is 0.497 e. The first-order valence-electron chi connectivity index (χ1n) is 9.95. The third-order valence-corrected chi connectivity index (χ3v) is 5.57. The zero-order valence-corrected chi connectivity index (χ0v) is 16.4. The van der Waals surface area contributed by atoms with Crippen molar-refractivity contribution in [3.05, 3.63) is 29.8 Å². The van der Waals surface area contributed by atoms with Gasteiger partial charge in [-0.2, -0.15) is 0 Å². The third-order valence-electron chi connectivity index (χ3n) is 5.57. The highest BCUT2D eigenvalue weighted by Crippen LogP contribution is 2.35.